The number of thiazole rings is 2. The van der Waals surface area contributed by atoms with Crippen LogP contribution in [0.1, 0.15) is 36.8 Å². The number of ether oxygens (including phenoxy) is 2. The Balaban J connectivity index is 1.09. The van der Waals surface area contributed by atoms with Crippen molar-refractivity contribution in [2.45, 2.75) is 51.0 Å². The average molecular weight is 575 g/mol. The van der Waals surface area contributed by atoms with Crippen LogP contribution < -0.4 is 9.80 Å². The van der Waals surface area contributed by atoms with Gasteiger partial charge in [-0.15, -0.1) is 22.7 Å². The maximum absolute atomic E-state index is 12.9. The molecule has 0 spiro atoms. The van der Waals surface area contributed by atoms with Crippen molar-refractivity contribution in [3.8, 4) is 10.0 Å². The number of carbonyl (C=O) groups is 2. The largest absolute Gasteiger partial charge is 0.459 e. The van der Waals surface area contributed by atoms with Crippen LogP contribution in [0.3, 0.4) is 0 Å². The lowest BCUT2D eigenvalue weighted by Crippen LogP contribution is -2.37. The van der Waals surface area contributed by atoms with Crippen molar-refractivity contribution >= 4 is 46.2 Å². The first-order valence-electron chi connectivity index (χ1n) is 13.5. The fraction of sp³-hybridized carbons (Fsp3) is 0.333. The molecule has 0 bridgehead atoms. The summed E-state index contributed by atoms with van der Waals surface area (Å²) in [6.07, 6.45) is 3.32. The minimum atomic E-state index is -0.335. The maximum atomic E-state index is 12.9. The molecule has 0 aliphatic carbocycles. The van der Waals surface area contributed by atoms with Crippen LogP contribution in [0, 0.1) is 0 Å². The Morgan fingerprint density at radius 1 is 0.700 bits per heavy atom. The van der Waals surface area contributed by atoms with Crippen LogP contribution in [0.25, 0.3) is 10.0 Å². The molecule has 206 valence electrons. The molecular formula is C30H30N4O4S2. The lowest BCUT2D eigenvalue weighted by atomic mass is 10.2. The van der Waals surface area contributed by atoms with E-state index in [4.69, 9.17) is 19.4 Å². The third-order valence-corrected chi connectivity index (χ3v) is 9.06. The topological polar surface area (TPSA) is 84.9 Å². The van der Waals surface area contributed by atoms with Crippen molar-refractivity contribution in [3.05, 3.63) is 82.6 Å². The maximum Gasteiger partial charge on any atom is 0.329 e. The fourth-order valence-corrected chi connectivity index (χ4v) is 6.90. The van der Waals surface area contributed by atoms with Gasteiger partial charge in [0.15, 0.2) is 10.0 Å². The SMILES string of the molecule is O=C(OCc1ccccc1)[C@H]1CCCN1c1csc(-c2nc(N3CCC[C@@H]3C(=O)OCc3ccccc3)cs2)n1. The van der Waals surface area contributed by atoms with Gasteiger partial charge in [-0.05, 0) is 36.8 Å². The Morgan fingerprint density at radius 3 is 1.55 bits per heavy atom. The van der Waals surface area contributed by atoms with Crippen LogP contribution >= 0.6 is 22.7 Å². The minimum Gasteiger partial charge on any atom is -0.459 e. The number of benzene rings is 2. The summed E-state index contributed by atoms with van der Waals surface area (Å²) in [7, 11) is 0. The highest BCUT2D eigenvalue weighted by Gasteiger charge is 2.35. The predicted molar refractivity (Wildman–Crippen MR) is 156 cm³/mol. The Kier molecular flexibility index (Phi) is 8.06. The first kappa shape index (κ1) is 26.5. The van der Waals surface area contributed by atoms with E-state index in [9.17, 15) is 9.59 Å². The van der Waals surface area contributed by atoms with E-state index >= 15 is 0 Å². The van der Waals surface area contributed by atoms with Crippen LogP contribution in [-0.2, 0) is 32.3 Å². The van der Waals surface area contributed by atoms with Crippen molar-refractivity contribution in [1.29, 1.82) is 0 Å². The number of carbonyl (C=O) groups excluding carboxylic acids is 2. The van der Waals surface area contributed by atoms with E-state index in [-0.39, 0.29) is 37.2 Å². The Labute approximate surface area is 241 Å². The summed E-state index contributed by atoms with van der Waals surface area (Å²) in [5, 5.41) is 5.58. The van der Waals surface area contributed by atoms with Gasteiger partial charge in [0.05, 0.1) is 0 Å². The number of esters is 2. The quantitative estimate of drug-likeness (QED) is 0.236. The summed E-state index contributed by atoms with van der Waals surface area (Å²) in [6, 6.07) is 18.8. The van der Waals surface area contributed by atoms with Crippen molar-refractivity contribution < 1.29 is 19.1 Å². The van der Waals surface area contributed by atoms with Gasteiger partial charge in [0.2, 0.25) is 0 Å². The Bertz CT molecular complexity index is 1330. The molecule has 2 aliphatic rings. The molecule has 2 saturated heterocycles. The second-order valence-electron chi connectivity index (χ2n) is 9.91. The number of anilines is 2. The highest BCUT2D eigenvalue weighted by Crippen LogP contribution is 2.36. The molecule has 0 N–H and O–H groups in total. The zero-order chi connectivity index (χ0) is 27.3. The lowest BCUT2D eigenvalue weighted by molar-refractivity contribution is -0.147. The average Bonchev–Trinajstić information content (AvgIpc) is 3.80. The molecule has 2 atom stereocenters. The van der Waals surface area contributed by atoms with Crippen molar-refractivity contribution in [1.82, 2.24) is 9.97 Å². The third kappa shape index (κ3) is 5.88. The summed E-state index contributed by atoms with van der Waals surface area (Å²) in [6.45, 7) is 2.06. The van der Waals surface area contributed by atoms with Gasteiger partial charge in [-0.3, -0.25) is 0 Å². The van der Waals surface area contributed by atoms with E-state index < -0.39 is 0 Å². The fourth-order valence-electron chi connectivity index (χ4n) is 5.21. The summed E-state index contributed by atoms with van der Waals surface area (Å²) >= 11 is 3.03. The Morgan fingerprint density at radius 2 is 1.12 bits per heavy atom. The second-order valence-corrected chi connectivity index (χ2v) is 11.6. The smallest absolute Gasteiger partial charge is 0.329 e. The highest BCUT2D eigenvalue weighted by molar-refractivity contribution is 7.20. The summed E-state index contributed by atoms with van der Waals surface area (Å²) < 4.78 is 11.3. The van der Waals surface area contributed by atoms with Gasteiger partial charge < -0.3 is 19.3 Å². The molecule has 6 rings (SSSR count). The van der Waals surface area contributed by atoms with E-state index in [0.717, 1.165) is 71.6 Å². The van der Waals surface area contributed by atoms with Crippen LogP contribution in [0.4, 0.5) is 11.6 Å². The minimum absolute atomic E-state index is 0.216. The zero-order valence-corrected chi connectivity index (χ0v) is 23.6. The first-order valence-corrected chi connectivity index (χ1v) is 15.3. The number of aromatic nitrogens is 2. The van der Waals surface area contributed by atoms with Crippen molar-refractivity contribution in [3.63, 3.8) is 0 Å². The standard InChI is InChI=1S/C30H30N4O4S2/c35-29(37-17-21-9-3-1-4-10-21)23-13-7-15-33(23)25-19-39-27(31-25)28-32-26(20-40-28)34-16-8-14-24(34)30(36)38-18-22-11-5-2-6-12-22/h1-6,9-12,19-20,23-24H,7-8,13-18H2/t23-,24-/m1/s1. The van der Waals surface area contributed by atoms with Crippen molar-refractivity contribution in [2.75, 3.05) is 22.9 Å². The van der Waals surface area contributed by atoms with Gasteiger partial charge >= 0.3 is 11.9 Å². The van der Waals surface area contributed by atoms with E-state index in [0.29, 0.717) is 0 Å². The lowest BCUT2D eigenvalue weighted by Gasteiger charge is -2.23. The molecule has 0 radical (unpaired) electrons. The van der Waals surface area contributed by atoms with Gasteiger partial charge in [0.1, 0.15) is 36.9 Å². The molecule has 2 fully saturated rings. The molecule has 4 heterocycles. The molecule has 2 aliphatic heterocycles. The number of hydrogen-bond donors (Lipinski definition) is 0. The molecular weight excluding hydrogens is 544 g/mol. The number of nitrogens with zero attached hydrogens (tertiary/aromatic N) is 4. The van der Waals surface area contributed by atoms with Gasteiger partial charge in [0.25, 0.3) is 0 Å². The Hall–Kier alpha value is -3.76. The van der Waals surface area contributed by atoms with Crippen LogP contribution in [-0.4, -0.2) is 47.1 Å². The predicted octanol–water partition coefficient (Wildman–Crippen LogP) is 5.69. The summed E-state index contributed by atoms with van der Waals surface area (Å²) in [5.41, 5.74) is 1.95. The van der Waals surface area contributed by atoms with Gasteiger partial charge in [-0.1, -0.05) is 60.7 Å². The summed E-state index contributed by atoms with van der Waals surface area (Å²) in [4.78, 5) is 39.6. The first-order chi connectivity index (χ1) is 19.7. The van der Waals surface area contributed by atoms with Gasteiger partial charge in [-0.2, -0.15) is 0 Å². The van der Waals surface area contributed by atoms with Crippen LogP contribution in [0.2, 0.25) is 0 Å². The van der Waals surface area contributed by atoms with Gasteiger partial charge in [-0.25, -0.2) is 19.6 Å². The number of rotatable bonds is 9. The molecule has 0 unspecified atom stereocenters. The molecule has 0 saturated carbocycles. The van der Waals surface area contributed by atoms with Gasteiger partial charge in [0, 0.05) is 23.8 Å². The molecule has 10 heteroatoms. The van der Waals surface area contributed by atoms with Crippen molar-refractivity contribution in [2.24, 2.45) is 0 Å². The highest BCUT2D eigenvalue weighted by atomic mass is 32.1. The zero-order valence-electron chi connectivity index (χ0n) is 22.0. The molecule has 4 aromatic rings. The second kappa shape index (κ2) is 12.2. The third-order valence-electron chi connectivity index (χ3n) is 7.25. The van der Waals surface area contributed by atoms with Crippen LogP contribution in [0.5, 0.6) is 0 Å². The van der Waals surface area contributed by atoms with E-state index in [1.165, 1.54) is 22.7 Å². The number of hydrogen-bond acceptors (Lipinski definition) is 10. The van der Waals surface area contributed by atoms with Crippen LogP contribution in [0.15, 0.2) is 71.4 Å². The normalized spacial score (nSPS) is 18.7. The molecule has 0 amide bonds. The summed E-state index contributed by atoms with van der Waals surface area (Å²) in [5.74, 6) is 1.12. The molecule has 2 aromatic carbocycles. The molecule has 8 nitrogen and oxygen atoms in total. The van der Waals surface area contributed by atoms with E-state index in [1.54, 1.807) is 0 Å². The van der Waals surface area contributed by atoms with E-state index in [2.05, 4.69) is 0 Å². The molecule has 40 heavy (non-hydrogen) atoms. The van der Waals surface area contributed by atoms with E-state index in [1.807, 2.05) is 81.2 Å². The monoisotopic (exact) mass is 574 g/mol. The molecule has 2 aromatic heterocycles.